The summed E-state index contributed by atoms with van der Waals surface area (Å²) >= 11 is 0. The van der Waals surface area contributed by atoms with E-state index >= 15 is 0 Å². The first-order valence-electron chi connectivity index (χ1n) is 9.01. The zero-order valence-electron chi connectivity index (χ0n) is 14.7. The van der Waals surface area contributed by atoms with Crippen molar-refractivity contribution in [3.05, 3.63) is 60.4 Å². The van der Waals surface area contributed by atoms with E-state index in [9.17, 15) is 4.39 Å². The van der Waals surface area contributed by atoms with Crippen molar-refractivity contribution in [1.82, 2.24) is 14.5 Å². The van der Waals surface area contributed by atoms with Crippen LogP contribution in [0.2, 0.25) is 0 Å². The molecular formula is C20H23FN4O. The molecule has 1 saturated heterocycles. The summed E-state index contributed by atoms with van der Waals surface area (Å²) < 4.78 is 19.9. The van der Waals surface area contributed by atoms with Crippen LogP contribution in [0.1, 0.15) is 5.56 Å². The number of aromatic nitrogens is 2. The Hall–Kier alpha value is -2.60. The minimum absolute atomic E-state index is 0.103. The molecule has 0 unspecified atom stereocenters. The van der Waals surface area contributed by atoms with Crippen LogP contribution in [0.3, 0.4) is 0 Å². The van der Waals surface area contributed by atoms with Gasteiger partial charge in [-0.1, -0.05) is 18.2 Å². The number of fused-ring (bicyclic) bond motifs is 1. The van der Waals surface area contributed by atoms with Gasteiger partial charge in [-0.15, -0.1) is 0 Å². The van der Waals surface area contributed by atoms with Crippen molar-refractivity contribution in [2.24, 2.45) is 0 Å². The van der Waals surface area contributed by atoms with Gasteiger partial charge >= 0.3 is 0 Å². The minimum Gasteiger partial charge on any atom is -0.489 e. The lowest BCUT2D eigenvalue weighted by atomic mass is 10.2. The highest BCUT2D eigenvalue weighted by Gasteiger charge is 2.20. The molecule has 4 rings (SSSR count). The third-order valence-electron chi connectivity index (χ3n) is 4.81. The molecule has 0 radical (unpaired) electrons. The van der Waals surface area contributed by atoms with Gasteiger partial charge in [0, 0.05) is 44.5 Å². The van der Waals surface area contributed by atoms with Crippen LogP contribution < -0.4 is 9.64 Å². The zero-order chi connectivity index (χ0) is 17.8. The van der Waals surface area contributed by atoms with Crippen molar-refractivity contribution < 1.29 is 9.13 Å². The Morgan fingerprint density at radius 2 is 1.81 bits per heavy atom. The molecule has 0 N–H and O–H groups in total. The van der Waals surface area contributed by atoms with Gasteiger partial charge in [-0.25, -0.2) is 8.91 Å². The maximum atomic E-state index is 12.4. The number of hydrogen-bond acceptors (Lipinski definition) is 4. The minimum atomic E-state index is -0.470. The van der Waals surface area contributed by atoms with Gasteiger partial charge in [0.15, 0.2) is 0 Å². The smallest absolute Gasteiger partial charge is 0.142 e. The summed E-state index contributed by atoms with van der Waals surface area (Å²) in [5, 5.41) is 4.42. The fourth-order valence-electron chi connectivity index (χ4n) is 3.49. The molecule has 0 atom stereocenters. The second-order valence-corrected chi connectivity index (χ2v) is 6.47. The molecule has 0 amide bonds. The summed E-state index contributed by atoms with van der Waals surface area (Å²) in [5.74, 6) is 0.765. The molecule has 6 heteroatoms. The molecule has 0 spiro atoms. The second kappa shape index (κ2) is 7.74. The number of para-hydroxylation sites is 2. The molecule has 1 aliphatic rings. The van der Waals surface area contributed by atoms with Crippen LogP contribution in [-0.2, 0) is 6.54 Å². The Morgan fingerprint density at radius 3 is 2.65 bits per heavy atom. The predicted molar refractivity (Wildman–Crippen MR) is 101 cm³/mol. The maximum absolute atomic E-state index is 12.4. The largest absolute Gasteiger partial charge is 0.489 e. The maximum Gasteiger partial charge on any atom is 0.142 e. The van der Waals surface area contributed by atoms with Crippen LogP contribution in [0, 0.1) is 0 Å². The van der Waals surface area contributed by atoms with Gasteiger partial charge in [-0.3, -0.25) is 4.90 Å². The van der Waals surface area contributed by atoms with E-state index in [1.54, 1.807) is 0 Å². The summed E-state index contributed by atoms with van der Waals surface area (Å²) in [7, 11) is 0. The van der Waals surface area contributed by atoms with E-state index in [4.69, 9.17) is 4.74 Å². The highest BCUT2D eigenvalue weighted by molar-refractivity contribution is 5.59. The first-order valence-corrected chi connectivity index (χ1v) is 9.01. The molecule has 3 heterocycles. The molecule has 1 aromatic carbocycles. The number of alkyl halides is 1. The highest BCUT2D eigenvalue weighted by atomic mass is 19.1. The van der Waals surface area contributed by atoms with Crippen LogP contribution in [-0.4, -0.2) is 54.0 Å². The Labute approximate surface area is 152 Å². The number of pyridine rings is 1. The van der Waals surface area contributed by atoms with Crippen molar-refractivity contribution in [2.75, 3.05) is 44.4 Å². The Bertz CT molecular complexity index is 858. The number of nitrogens with zero attached hydrogens (tertiary/aromatic N) is 4. The predicted octanol–water partition coefficient (Wildman–Crippen LogP) is 3.00. The number of anilines is 1. The number of benzene rings is 1. The van der Waals surface area contributed by atoms with E-state index in [-0.39, 0.29) is 6.61 Å². The summed E-state index contributed by atoms with van der Waals surface area (Å²) in [6, 6.07) is 14.0. The lowest BCUT2D eigenvalue weighted by Gasteiger charge is -2.36. The van der Waals surface area contributed by atoms with Gasteiger partial charge in [-0.2, -0.15) is 5.10 Å². The van der Waals surface area contributed by atoms with E-state index < -0.39 is 6.67 Å². The Balaban J connectivity index is 1.40. The second-order valence-electron chi connectivity index (χ2n) is 6.47. The molecule has 0 bridgehead atoms. The molecule has 0 aliphatic carbocycles. The standard InChI is InChI=1S/C20H23FN4O/c21-8-14-26-20-7-2-1-6-19(20)24-12-10-23(11-13-24)16-17-15-22-25-9-4-3-5-18(17)25/h1-7,9,15H,8,10-14,16H2. The Kier molecular flexibility index (Phi) is 5.02. The van der Waals surface area contributed by atoms with E-state index in [2.05, 4.69) is 27.0 Å². The fourth-order valence-corrected chi connectivity index (χ4v) is 3.49. The fraction of sp³-hybridized carbons (Fsp3) is 0.350. The third kappa shape index (κ3) is 3.51. The average molecular weight is 354 g/mol. The summed E-state index contributed by atoms with van der Waals surface area (Å²) in [6.07, 6.45) is 3.94. The SMILES string of the molecule is FCCOc1ccccc1N1CCN(Cc2cnn3ccccc23)CC1. The van der Waals surface area contributed by atoms with Crippen molar-refractivity contribution >= 4 is 11.2 Å². The molecular weight excluding hydrogens is 331 g/mol. The zero-order valence-corrected chi connectivity index (χ0v) is 14.7. The lowest BCUT2D eigenvalue weighted by molar-refractivity contribution is 0.247. The van der Waals surface area contributed by atoms with E-state index in [1.807, 2.05) is 47.2 Å². The topological polar surface area (TPSA) is 33.0 Å². The number of rotatable bonds is 6. The van der Waals surface area contributed by atoms with Crippen molar-refractivity contribution in [1.29, 1.82) is 0 Å². The van der Waals surface area contributed by atoms with Crippen LogP contribution in [0.4, 0.5) is 10.1 Å². The van der Waals surface area contributed by atoms with E-state index in [0.717, 1.165) is 44.2 Å². The van der Waals surface area contributed by atoms with Crippen LogP contribution in [0.5, 0.6) is 5.75 Å². The van der Waals surface area contributed by atoms with Gasteiger partial charge in [0.1, 0.15) is 19.0 Å². The van der Waals surface area contributed by atoms with Crippen molar-refractivity contribution in [2.45, 2.75) is 6.54 Å². The van der Waals surface area contributed by atoms with Crippen LogP contribution in [0.25, 0.3) is 5.52 Å². The van der Waals surface area contributed by atoms with Gasteiger partial charge in [0.2, 0.25) is 0 Å². The number of ether oxygens (including phenoxy) is 1. The number of hydrogen-bond donors (Lipinski definition) is 0. The molecule has 2 aromatic heterocycles. The normalized spacial score (nSPS) is 15.5. The quantitative estimate of drug-likeness (QED) is 0.681. The highest BCUT2D eigenvalue weighted by Crippen LogP contribution is 2.29. The summed E-state index contributed by atoms with van der Waals surface area (Å²) in [6.45, 7) is 4.34. The molecule has 136 valence electrons. The van der Waals surface area contributed by atoms with Gasteiger partial charge in [0.05, 0.1) is 17.4 Å². The van der Waals surface area contributed by atoms with Gasteiger partial charge < -0.3 is 9.64 Å². The molecule has 5 nitrogen and oxygen atoms in total. The van der Waals surface area contributed by atoms with Crippen molar-refractivity contribution in [3.63, 3.8) is 0 Å². The van der Waals surface area contributed by atoms with Crippen LogP contribution in [0.15, 0.2) is 54.9 Å². The third-order valence-corrected chi connectivity index (χ3v) is 4.81. The molecule has 1 aliphatic heterocycles. The first-order chi connectivity index (χ1) is 12.8. The van der Waals surface area contributed by atoms with Crippen LogP contribution >= 0.6 is 0 Å². The Morgan fingerprint density at radius 1 is 1.00 bits per heavy atom. The van der Waals surface area contributed by atoms with E-state index in [1.165, 1.54) is 11.1 Å². The van der Waals surface area contributed by atoms with Crippen molar-refractivity contribution in [3.8, 4) is 5.75 Å². The molecule has 26 heavy (non-hydrogen) atoms. The first kappa shape index (κ1) is 16.8. The summed E-state index contributed by atoms with van der Waals surface area (Å²) in [5.41, 5.74) is 3.47. The summed E-state index contributed by atoms with van der Waals surface area (Å²) in [4.78, 5) is 4.77. The van der Waals surface area contributed by atoms with Gasteiger partial charge in [-0.05, 0) is 24.3 Å². The lowest BCUT2D eigenvalue weighted by Crippen LogP contribution is -2.46. The molecule has 3 aromatic rings. The molecule has 1 fully saturated rings. The van der Waals surface area contributed by atoms with E-state index in [0.29, 0.717) is 0 Å². The number of halogens is 1. The van der Waals surface area contributed by atoms with Gasteiger partial charge in [0.25, 0.3) is 0 Å². The monoisotopic (exact) mass is 354 g/mol. The average Bonchev–Trinajstić information content (AvgIpc) is 3.10. The number of piperazine rings is 1. The molecule has 0 saturated carbocycles.